The zero-order valence-corrected chi connectivity index (χ0v) is 3.36. The Labute approximate surface area is 40.0 Å². The Morgan fingerprint density at radius 3 is 2.86 bits per heavy atom. The predicted octanol–water partition coefficient (Wildman–Crippen LogP) is -1.62. The largest absolute Gasteiger partial charge is 0.412 e. The van der Waals surface area contributed by atoms with Crippen LogP contribution in [0.3, 0.4) is 0 Å². The van der Waals surface area contributed by atoms with Crippen molar-refractivity contribution in [1.29, 1.82) is 0 Å². The third-order valence-electron chi connectivity index (χ3n) is 0.445. The van der Waals surface area contributed by atoms with E-state index < -0.39 is 0 Å². The Bertz CT molecular complexity index is 175. The first-order chi connectivity index (χ1) is 3.39. The third kappa shape index (κ3) is 0.675. The lowest BCUT2D eigenvalue weighted by Crippen LogP contribution is -2.11. The summed E-state index contributed by atoms with van der Waals surface area (Å²) < 4.78 is 0. The minimum absolute atomic E-state index is 0.376. The molecule has 0 bridgehead atoms. The van der Waals surface area contributed by atoms with E-state index in [0.717, 1.165) is 0 Å². The molecule has 3 heteroatoms. The molecule has 0 saturated carbocycles. The zero-order valence-electron chi connectivity index (χ0n) is 3.36. The standard InChI is InChI=1S/C4N2O/c7-4-2-1-3-5-6-4/p+1. The lowest BCUT2D eigenvalue weighted by atomic mass is 10.8. The Hall–Kier alpha value is -1.48. The Morgan fingerprint density at radius 1 is 1.71 bits per heavy atom. The van der Waals surface area contributed by atoms with Crippen molar-refractivity contribution in [3.63, 3.8) is 0 Å². The Morgan fingerprint density at radius 2 is 2.57 bits per heavy atom. The van der Waals surface area contributed by atoms with Gasteiger partial charge in [0.05, 0.1) is 6.07 Å². The SMILES string of the molecule is O=c1c#cc#[n+][nH]1. The minimum Gasteiger partial charge on any atom is -0.253 e. The topological polar surface area (TPSA) is 47.0 Å². The molecule has 0 aliphatic heterocycles. The summed E-state index contributed by atoms with van der Waals surface area (Å²) in [6, 6.07) is 4.43. The monoisotopic (exact) mass is 93.0 g/mol. The first-order valence-corrected chi connectivity index (χ1v) is 1.65. The van der Waals surface area contributed by atoms with E-state index in [1.807, 2.05) is 0 Å². The lowest BCUT2D eigenvalue weighted by molar-refractivity contribution is -0.379. The van der Waals surface area contributed by atoms with Crippen LogP contribution in [0.4, 0.5) is 0 Å². The average molecular weight is 93.1 g/mol. The molecular formula is C4HN2O+. The van der Waals surface area contributed by atoms with Crippen LogP contribution in [-0.2, 0) is 0 Å². The summed E-state index contributed by atoms with van der Waals surface area (Å²) in [5.74, 6) is 0. The highest BCUT2D eigenvalue weighted by molar-refractivity contribution is 4.57. The number of nitrogens with zero attached hydrogens (tertiary/aromatic N) is 1. The fourth-order valence-corrected chi connectivity index (χ4v) is 0.219. The maximum atomic E-state index is 10.0. The van der Waals surface area contributed by atoms with Crippen LogP contribution >= 0.6 is 0 Å². The molecule has 1 N–H and O–H groups in total. The number of H-pyrrole nitrogens is 1. The van der Waals surface area contributed by atoms with E-state index in [-0.39, 0.29) is 5.56 Å². The lowest BCUT2D eigenvalue weighted by Gasteiger charge is -1.44. The van der Waals surface area contributed by atoms with Gasteiger partial charge in [-0.3, -0.25) is 4.79 Å². The van der Waals surface area contributed by atoms with E-state index in [2.05, 4.69) is 28.5 Å². The first kappa shape index (κ1) is 3.70. The molecule has 0 fully saturated rings. The molecule has 0 aromatic carbocycles. The average Bonchev–Trinajstić information content (AvgIpc) is 1.69. The van der Waals surface area contributed by atoms with E-state index in [1.54, 1.807) is 0 Å². The van der Waals surface area contributed by atoms with Gasteiger partial charge in [-0.25, -0.2) is 0 Å². The van der Waals surface area contributed by atoms with E-state index in [4.69, 9.17) is 0 Å². The quantitative estimate of drug-likeness (QED) is 0.419. The molecule has 32 valence electrons. The van der Waals surface area contributed by atoms with Crippen LogP contribution in [0.25, 0.3) is 0 Å². The number of rotatable bonds is 0. The molecular weight excluding hydrogens is 92.1 g/mol. The van der Waals surface area contributed by atoms with Crippen LogP contribution in [0.5, 0.6) is 0 Å². The van der Waals surface area contributed by atoms with Gasteiger partial charge in [0.1, 0.15) is 5.10 Å². The fourth-order valence-electron chi connectivity index (χ4n) is 0.219. The molecule has 1 heterocycles. The number of hydrogen-bond acceptors (Lipinski definition) is 1. The normalized spacial score (nSPS) is 6.29. The minimum atomic E-state index is -0.376. The second-order valence-corrected chi connectivity index (χ2v) is 0.915. The van der Waals surface area contributed by atoms with Crippen molar-refractivity contribution in [2.75, 3.05) is 0 Å². The highest BCUT2D eigenvalue weighted by Gasteiger charge is 1.74. The number of nitrogens with one attached hydrogen (secondary N) is 1. The Kier molecular flexibility index (Phi) is 0.697. The summed E-state index contributed by atoms with van der Waals surface area (Å²) in [7, 11) is 0. The van der Waals surface area contributed by atoms with Crippen molar-refractivity contribution in [3.05, 3.63) is 28.7 Å². The number of hydrogen-bond donors (Lipinski definition) is 1. The van der Waals surface area contributed by atoms with Crippen LogP contribution in [0.2, 0.25) is 0 Å². The van der Waals surface area contributed by atoms with Crippen molar-refractivity contribution >= 4 is 0 Å². The summed E-state index contributed by atoms with van der Waals surface area (Å²) >= 11 is 0. The van der Waals surface area contributed by atoms with Gasteiger partial charge in [-0.15, -0.1) is 0 Å². The van der Waals surface area contributed by atoms with Crippen LogP contribution < -0.4 is 10.7 Å². The van der Waals surface area contributed by atoms with Crippen molar-refractivity contribution in [3.8, 4) is 0 Å². The van der Waals surface area contributed by atoms with E-state index in [1.165, 1.54) is 0 Å². The second kappa shape index (κ2) is 1.32. The molecule has 0 spiro atoms. The van der Waals surface area contributed by atoms with E-state index in [9.17, 15) is 4.79 Å². The molecule has 0 unspecified atom stereocenters. The molecule has 7 heavy (non-hydrogen) atoms. The van der Waals surface area contributed by atoms with Gasteiger partial charge in [-0.05, 0) is 0 Å². The smallest absolute Gasteiger partial charge is 0.253 e. The molecule has 3 nitrogen and oxygen atoms in total. The van der Waals surface area contributed by atoms with Gasteiger partial charge < -0.3 is 0 Å². The van der Waals surface area contributed by atoms with Gasteiger partial charge in [-0.2, -0.15) is 0 Å². The van der Waals surface area contributed by atoms with Crippen molar-refractivity contribution in [2.45, 2.75) is 0 Å². The third-order valence-corrected chi connectivity index (χ3v) is 0.445. The molecule has 0 aliphatic rings. The molecule has 0 atom stereocenters. The molecule has 0 amide bonds. The van der Waals surface area contributed by atoms with Crippen molar-refractivity contribution in [1.82, 2.24) is 5.10 Å². The summed E-state index contributed by atoms with van der Waals surface area (Å²) in [5.41, 5.74) is -0.376. The summed E-state index contributed by atoms with van der Waals surface area (Å²) in [6.45, 7) is 0. The van der Waals surface area contributed by atoms with E-state index >= 15 is 0 Å². The summed E-state index contributed by atoms with van der Waals surface area (Å²) in [5, 5.41) is 5.32. The summed E-state index contributed by atoms with van der Waals surface area (Å²) in [6.07, 6.45) is 2.25. The molecule has 0 aliphatic carbocycles. The maximum absolute atomic E-state index is 10.0. The highest BCUT2D eigenvalue weighted by atomic mass is 16.1. The molecule has 1 aromatic rings. The van der Waals surface area contributed by atoms with Gasteiger partial charge >= 0.3 is 11.8 Å². The van der Waals surface area contributed by atoms with Crippen LogP contribution in [0.1, 0.15) is 0 Å². The highest BCUT2D eigenvalue weighted by Crippen LogP contribution is 1.32. The second-order valence-electron chi connectivity index (χ2n) is 0.915. The molecule has 0 saturated heterocycles. The van der Waals surface area contributed by atoms with Crippen molar-refractivity contribution < 1.29 is 5.10 Å². The van der Waals surface area contributed by atoms with Crippen LogP contribution in [0, 0.1) is 18.3 Å². The molecule has 1 aromatic heterocycles. The van der Waals surface area contributed by atoms with Crippen LogP contribution in [0.15, 0.2) is 4.79 Å². The fraction of sp³-hybridized carbons (Fsp3) is 0. The van der Waals surface area contributed by atoms with Crippen LogP contribution in [-0.4, -0.2) is 5.10 Å². The Balaban J connectivity index is 3.28. The van der Waals surface area contributed by atoms with Gasteiger partial charge in [0.25, 0.3) is 0 Å². The van der Waals surface area contributed by atoms with Gasteiger partial charge in [0, 0.05) is 11.2 Å². The summed E-state index contributed by atoms with van der Waals surface area (Å²) in [4.78, 5) is 10.0. The zero-order chi connectivity index (χ0) is 5.11. The first-order valence-electron chi connectivity index (χ1n) is 1.65. The van der Waals surface area contributed by atoms with Gasteiger partial charge in [-0.1, -0.05) is 0 Å². The van der Waals surface area contributed by atoms with Gasteiger partial charge in [0.2, 0.25) is 0 Å². The number of aromatic amines is 1. The number of aromatic nitrogens is 2. The maximum Gasteiger partial charge on any atom is 0.412 e. The molecule has 0 radical (unpaired) electrons. The van der Waals surface area contributed by atoms with Gasteiger partial charge in [0.15, 0.2) is 0 Å². The van der Waals surface area contributed by atoms with Crippen molar-refractivity contribution in [2.24, 2.45) is 0 Å². The van der Waals surface area contributed by atoms with E-state index in [0.29, 0.717) is 0 Å². The molecule has 1 rings (SSSR count). The predicted molar refractivity (Wildman–Crippen MR) is 19.2 cm³/mol.